The average molecular weight is 180 g/mol. The van der Waals surface area contributed by atoms with E-state index in [-0.39, 0.29) is 12.5 Å². The van der Waals surface area contributed by atoms with E-state index in [0.717, 1.165) is 17.9 Å². The first-order valence-corrected chi connectivity index (χ1v) is 4.43. The maximum Gasteiger partial charge on any atom is 0.0574 e. The summed E-state index contributed by atoms with van der Waals surface area (Å²) in [6.45, 7) is 2.91. The lowest BCUT2D eigenvalue weighted by molar-refractivity contribution is 0.244. The van der Waals surface area contributed by atoms with Crippen LogP contribution in [0, 0.1) is 5.92 Å². The van der Waals surface area contributed by atoms with E-state index in [1.807, 2.05) is 31.2 Å². The van der Waals surface area contributed by atoms with Gasteiger partial charge in [0.1, 0.15) is 0 Å². The molecule has 3 nitrogen and oxygen atoms in total. The van der Waals surface area contributed by atoms with Crippen molar-refractivity contribution in [1.29, 1.82) is 0 Å². The molecule has 0 fully saturated rings. The summed E-state index contributed by atoms with van der Waals surface area (Å²) in [5.74, 6) is 0.250. The second kappa shape index (κ2) is 4.72. The highest BCUT2D eigenvalue weighted by atomic mass is 16.3. The Kier molecular flexibility index (Phi) is 3.58. The van der Waals surface area contributed by atoms with E-state index in [9.17, 15) is 0 Å². The molecule has 0 saturated heterocycles. The molecule has 1 atom stereocenters. The number of rotatable bonds is 4. The van der Waals surface area contributed by atoms with Gasteiger partial charge >= 0.3 is 0 Å². The maximum atomic E-state index is 8.81. The molecule has 1 unspecified atom stereocenters. The molecule has 0 radical (unpaired) electrons. The van der Waals surface area contributed by atoms with Gasteiger partial charge in [0.15, 0.2) is 0 Å². The van der Waals surface area contributed by atoms with Crippen LogP contribution in [0.2, 0.25) is 0 Å². The first-order valence-electron chi connectivity index (χ1n) is 4.43. The fraction of sp³-hybridized carbons (Fsp3) is 0.400. The van der Waals surface area contributed by atoms with Crippen LogP contribution in [0.25, 0.3) is 0 Å². The van der Waals surface area contributed by atoms with E-state index in [2.05, 4.69) is 5.32 Å². The molecule has 3 heteroatoms. The Labute approximate surface area is 78.6 Å². The molecule has 13 heavy (non-hydrogen) atoms. The summed E-state index contributed by atoms with van der Waals surface area (Å²) in [5.41, 5.74) is 7.40. The van der Waals surface area contributed by atoms with Gasteiger partial charge in [-0.1, -0.05) is 19.1 Å². The highest BCUT2D eigenvalue weighted by Crippen LogP contribution is 2.16. The van der Waals surface area contributed by atoms with Crippen molar-refractivity contribution < 1.29 is 5.11 Å². The Bertz CT molecular complexity index is 263. The number of nitrogen functional groups attached to an aromatic ring is 1. The summed E-state index contributed by atoms with van der Waals surface area (Å²) in [6, 6.07) is 7.61. The van der Waals surface area contributed by atoms with Gasteiger partial charge in [-0.25, -0.2) is 0 Å². The number of hydrogen-bond donors (Lipinski definition) is 3. The van der Waals surface area contributed by atoms with Crippen molar-refractivity contribution in [3.63, 3.8) is 0 Å². The molecule has 4 N–H and O–H groups in total. The van der Waals surface area contributed by atoms with Gasteiger partial charge in [-0.2, -0.15) is 0 Å². The van der Waals surface area contributed by atoms with Crippen LogP contribution in [0.4, 0.5) is 11.4 Å². The van der Waals surface area contributed by atoms with Crippen LogP contribution in [0.15, 0.2) is 24.3 Å². The average Bonchev–Trinajstić information content (AvgIpc) is 2.16. The zero-order valence-corrected chi connectivity index (χ0v) is 7.83. The van der Waals surface area contributed by atoms with Gasteiger partial charge < -0.3 is 16.2 Å². The van der Waals surface area contributed by atoms with Crippen molar-refractivity contribution in [1.82, 2.24) is 0 Å². The second-order valence-corrected chi connectivity index (χ2v) is 3.26. The topological polar surface area (TPSA) is 58.3 Å². The Balaban J connectivity index is 2.50. The zero-order chi connectivity index (χ0) is 9.68. The second-order valence-electron chi connectivity index (χ2n) is 3.26. The minimum absolute atomic E-state index is 0.194. The Hall–Kier alpha value is -1.22. The van der Waals surface area contributed by atoms with Crippen molar-refractivity contribution in [2.24, 2.45) is 5.92 Å². The van der Waals surface area contributed by atoms with Gasteiger partial charge in [0.25, 0.3) is 0 Å². The molecule has 0 aliphatic carbocycles. The smallest absolute Gasteiger partial charge is 0.0574 e. The predicted molar refractivity (Wildman–Crippen MR) is 55.6 cm³/mol. The van der Waals surface area contributed by atoms with Gasteiger partial charge in [-0.3, -0.25) is 0 Å². The fourth-order valence-corrected chi connectivity index (χ4v) is 1.01. The Morgan fingerprint density at radius 1 is 1.46 bits per heavy atom. The van der Waals surface area contributed by atoms with Gasteiger partial charge in [-0.15, -0.1) is 0 Å². The highest BCUT2D eigenvalue weighted by molar-refractivity contribution is 5.65. The lowest BCUT2D eigenvalue weighted by Gasteiger charge is -2.12. The normalized spacial score (nSPS) is 12.5. The zero-order valence-electron chi connectivity index (χ0n) is 7.83. The lowest BCUT2D eigenvalue weighted by Crippen LogP contribution is -2.15. The number of para-hydroxylation sites is 2. The number of nitrogens with one attached hydrogen (secondary N) is 1. The lowest BCUT2D eigenvalue weighted by atomic mass is 10.2. The predicted octanol–water partition coefficient (Wildman–Crippen LogP) is 1.31. The van der Waals surface area contributed by atoms with Crippen LogP contribution >= 0.6 is 0 Å². The van der Waals surface area contributed by atoms with Gasteiger partial charge in [0.2, 0.25) is 0 Å². The molecule has 1 aromatic rings. The minimum Gasteiger partial charge on any atom is -0.397 e. The van der Waals surface area contributed by atoms with E-state index in [1.165, 1.54) is 0 Å². The van der Waals surface area contributed by atoms with E-state index in [4.69, 9.17) is 10.8 Å². The standard InChI is InChI=1S/C10H16N2O/c1-8(7-13)6-12-10-5-3-2-4-9(10)11/h2-5,8,12-13H,6-7,11H2,1H3. The summed E-state index contributed by atoms with van der Waals surface area (Å²) in [5, 5.41) is 12.0. The van der Waals surface area contributed by atoms with Crippen LogP contribution < -0.4 is 11.1 Å². The third-order valence-corrected chi connectivity index (χ3v) is 1.91. The first-order chi connectivity index (χ1) is 6.24. The molecule has 72 valence electrons. The quantitative estimate of drug-likeness (QED) is 0.612. The SMILES string of the molecule is CC(CO)CNc1ccccc1N. The van der Waals surface area contributed by atoms with Crippen LogP contribution in [-0.4, -0.2) is 18.3 Å². The first kappa shape index (κ1) is 9.86. The summed E-state index contributed by atoms with van der Waals surface area (Å²) >= 11 is 0. The maximum absolute atomic E-state index is 8.81. The van der Waals surface area contributed by atoms with Crippen molar-refractivity contribution in [2.45, 2.75) is 6.92 Å². The van der Waals surface area contributed by atoms with Crippen LogP contribution in [0.1, 0.15) is 6.92 Å². The van der Waals surface area contributed by atoms with Crippen molar-refractivity contribution in [3.05, 3.63) is 24.3 Å². The molecular formula is C10H16N2O. The van der Waals surface area contributed by atoms with Crippen molar-refractivity contribution >= 4 is 11.4 Å². The third-order valence-electron chi connectivity index (χ3n) is 1.91. The Morgan fingerprint density at radius 2 is 2.15 bits per heavy atom. The van der Waals surface area contributed by atoms with E-state index in [1.54, 1.807) is 0 Å². The van der Waals surface area contributed by atoms with E-state index < -0.39 is 0 Å². The van der Waals surface area contributed by atoms with Gasteiger partial charge in [-0.05, 0) is 18.1 Å². The van der Waals surface area contributed by atoms with E-state index >= 15 is 0 Å². The molecule has 1 aromatic carbocycles. The number of nitrogens with two attached hydrogens (primary N) is 1. The van der Waals surface area contributed by atoms with Crippen LogP contribution in [0.5, 0.6) is 0 Å². The monoisotopic (exact) mass is 180 g/mol. The van der Waals surface area contributed by atoms with Gasteiger partial charge in [0.05, 0.1) is 11.4 Å². The number of aliphatic hydroxyl groups excluding tert-OH is 1. The molecule has 0 aliphatic heterocycles. The van der Waals surface area contributed by atoms with Crippen LogP contribution in [0.3, 0.4) is 0 Å². The molecule has 0 amide bonds. The largest absolute Gasteiger partial charge is 0.397 e. The number of benzene rings is 1. The summed E-state index contributed by atoms with van der Waals surface area (Å²) in [7, 11) is 0. The fourth-order valence-electron chi connectivity index (χ4n) is 1.01. The minimum atomic E-state index is 0.194. The summed E-state index contributed by atoms with van der Waals surface area (Å²) < 4.78 is 0. The number of hydrogen-bond acceptors (Lipinski definition) is 3. The van der Waals surface area contributed by atoms with Gasteiger partial charge in [0, 0.05) is 13.2 Å². The Morgan fingerprint density at radius 3 is 2.77 bits per heavy atom. The molecule has 0 spiro atoms. The van der Waals surface area contributed by atoms with Crippen LogP contribution in [-0.2, 0) is 0 Å². The number of anilines is 2. The molecule has 0 aliphatic rings. The molecule has 1 rings (SSSR count). The molecule has 0 heterocycles. The molecule has 0 saturated carbocycles. The van der Waals surface area contributed by atoms with E-state index in [0.29, 0.717) is 0 Å². The third kappa shape index (κ3) is 2.95. The molecular weight excluding hydrogens is 164 g/mol. The molecule has 0 aromatic heterocycles. The summed E-state index contributed by atoms with van der Waals surface area (Å²) in [4.78, 5) is 0. The van der Waals surface area contributed by atoms with Crippen molar-refractivity contribution in [2.75, 3.05) is 24.2 Å². The number of aliphatic hydroxyl groups is 1. The highest BCUT2D eigenvalue weighted by Gasteiger charge is 2.00. The summed E-state index contributed by atoms with van der Waals surface area (Å²) in [6.07, 6.45) is 0. The van der Waals surface area contributed by atoms with Crippen molar-refractivity contribution in [3.8, 4) is 0 Å². The molecule has 0 bridgehead atoms.